The second-order valence-electron chi connectivity index (χ2n) is 10.6. The van der Waals surface area contributed by atoms with E-state index in [1.807, 2.05) is 6.92 Å². The van der Waals surface area contributed by atoms with Crippen molar-refractivity contribution in [2.75, 3.05) is 20.8 Å². The van der Waals surface area contributed by atoms with Gasteiger partial charge >= 0.3 is 6.09 Å². The number of methoxy groups -OCH3 is 2. The zero-order valence-corrected chi connectivity index (χ0v) is 25.1. The summed E-state index contributed by atoms with van der Waals surface area (Å²) in [5.41, 5.74) is 6.42. The zero-order valence-electron chi connectivity index (χ0n) is 25.1. The van der Waals surface area contributed by atoms with Gasteiger partial charge in [-0.1, -0.05) is 44.2 Å². The molecule has 11 heteroatoms. The molecule has 0 fully saturated rings. The van der Waals surface area contributed by atoms with Crippen LogP contribution in [0.2, 0.25) is 0 Å². The number of Topliss-reactive ketones (excluding diaryl/α,β-unsaturated/α-hetero) is 1. The van der Waals surface area contributed by atoms with Crippen molar-refractivity contribution >= 4 is 23.6 Å². The van der Waals surface area contributed by atoms with Crippen molar-refractivity contribution in [3.8, 4) is 0 Å². The highest BCUT2D eigenvalue weighted by molar-refractivity contribution is 6.23. The summed E-state index contributed by atoms with van der Waals surface area (Å²) in [6.45, 7) is 10.9. The Morgan fingerprint density at radius 3 is 2.50 bits per heavy atom. The molecule has 0 unspecified atom stereocenters. The molecule has 5 N–H and O–H groups in total. The molecular formula is C31H43N3O8. The number of allylic oxidation sites excluding steroid dienone is 4. The number of nitrogens with two attached hydrogens (primary N) is 1. The lowest BCUT2D eigenvalue weighted by atomic mass is 9.85. The van der Waals surface area contributed by atoms with Gasteiger partial charge in [0.25, 0.3) is 5.91 Å². The molecule has 6 atom stereocenters. The number of rotatable bonds is 6. The largest absolute Gasteiger partial charge is 0.439 e. The summed E-state index contributed by atoms with van der Waals surface area (Å²) in [6.07, 6.45) is 5.34. The van der Waals surface area contributed by atoms with Gasteiger partial charge in [-0.25, -0.2) is 4.79 Å². The molecule has 42 heavy (non-hydrogen) atoms. The maximum atomic E-state index is 13.5. The van der Waals surface area contributed by atoms with Gasteiger partial charge in [-0.15, -0.1) is 6.58 Å². The minimum atomic E-state index is -1.00. The van der Waals surface area contributed by atoms with E-state index in [4.69, 9.17) is 19.9 Å². The van der Waals surface area contributed by atoms with Crippen LogP contribution in [0.5, 0.6) is 0 Å². The Bertz CT molecular complexity index is 1210. The van der Waals surface area contributed by atoms with Crippen LogP contribution in [0.1, 0.15) is 40.5 Å². The summed E-state index contributed by atoms with van der Waals surface area (Å²) in [4.78, 5) is 51.3. The molecule has 11 nitrogen and oxygen atoms in total. The summed E-state index contributed by atoms with van der Waals surface area (Å²) < 4.78 is 16.6. The Morgan fingerprint density at radius 2 is 1.90 bits per heavy atom. The number of ketones is 2. The molecule has 1 aliphatic carbocycles. The molecule has 0 aromatic carbocycles. The third-order valence-electron chi connectivity index (χ3n) is 7.22. The summed E-state index contributed by atoms with van der Waals surface area (Å²) in [5.74, 6) is -2.14. The van der Waals surface area contributed by atoms with Crippen LogP contribution in [0, 0.1) is 11.8 Å². The fourth-order valence-corrected chi connectivity index (χ4v) is 4.95. The van der Waals surface area contributed by atoms with Crippen molar-refractivity contribution in [1.29, 1.82) is 0 Å². The lowest BCUT2D eigenvalue weighted by molar-refractivity contribution is -0.120. The summed E-state index contributed by atoms with van der Waals surface area (Å²) in [6, 6.07) is 0. The number of aliphatic hydroxyl groups is 1. The number of hydrogen-bond acceptors (Lipinski definition) is 9. The van der Waals surface area contributed by atoms with Crippen LogP contribution in [0.4, 0.5) is 4.79 Å². The molecule has 2 aliphatic rings. The van der Waals surface area contributed by atoms with Crippen molar-refractivity contribution in [2.24, 2.45) is 17.6 Å². The van der Waals surface area contributed by atoms with Gasteiger partial charge in [-0.3, -0.25) is 14.4 Å². The Balaban J connectivity index is 2.62. The Labute approximate surface area is 247 Å². The van der Waals surface area contributed by atoms with E-state index in [0.29, 0.717) is 12.0 Å². The van der Waals surface area contributed by atoms with E-state index in [-0.39, 0.29) is 41.4 Å². The highest BCUT2D eigenvalue weighted by Gasteiger charge is 2.33. The van der Waals surface area contributed by atoms with E-state index in [1.54, 1.807) is 45.1 Å². The maximum Gasteiger partial charge on any atom is 0.405 e. The van der Waals surface area contributed by atoms with Gasteiger partial charge in [0.1, 0.15) is 6.10 Å². The van der Waals surface area contributed by atoms with Gasteiger partial charge < -0.3 is 35.7 Å². The van der Waals surface area contributed by atoms with E-state index in [0.717, 1.165) is 6.08 Å². The third kappa shape index (κ3) is 9.10. The molecule has 2 bridgehead atoms. The molecule has 0 saturated carbocycles. The van der Waals surface area contributed by atoms with Crippen LogP contribution < -0.4 is 16.4 Å². The first-order valence-electron chi connectivity index (χ1n) is 13.8. The number of aliphatic hydroxyl groups excluding tert-OH is 1. The number of ether oxygens (including phenoxy) is 3. The van der Waals surface area contributed by atoms with Crippen molar-refractivity contribution in [3.05, 3.63) is 71.1 Å². The zero-order chi connectivity index (χ0) is 31.6. The molecule has 2 rings (SSSR count). The minimum Gasteiger partial charge on any atom is -0.439 e. The number of nitrogens with one attached hydrogen (secondary N) is 2. The third-order valence-corrected chi connectivity index (χ3v) is 7.22. The lowest BCUT2D eigenvalue weighted by Gasteiger charge is -2.30. The number of fused-ring (bicyclic) bond motifs is 2. The quantitative estimate of drug-likeness (QED) is 0.271. The van der Waals surface area contributed by atoms with Crippen molar-refractivity contribution in [3.63, 3.8) is 0 Å². The van der Waals surface area contributed by atoms with Crippen molar-refractivity contribution in [1.82, 2.24) is 10.6 Å². The van der Waals surface area contributed by atoms with Crippen molar-refractivity contribution in [2.45, 2.75) is 65.0 Å². The maximum absolute atomic E-state index is 13.5. The van der Waals surface area contributed by atoms with Gasteiger partial charge in [0.2, 0.25) is 11.6 Å². The molecule has 1 heterocycles. The second-order valence-corrected chi connectivity index (χ2v) is 10.6. The van der Waals surface area contributed by atoms with Crippen LogP contribution in [0.3, 0.4) is 0 Å². The van der Waals surface area contributed by atoms with E-state index < -0.39 is 53.9 Å². The standard InChI is InChI=1S/C31H43N3O8/c1-8-12-33-26-21-13-17(2)14-25(41-7)27(36)19(4)15-20(5)29(42-31(32)39)24(40-6)11-9-10-18(3)30(38)34-22(28(21)37)16-23(26)35/h8-11,15-17,19,24-25,27,29,33,36H,1,12-14H2,2-7H3,(H2,32,39)(H,34,38)/b11-9-,18-10-,20-15+/t17-,19-,24-,25-,27+,29-/m0/s1. The number of carbonyl (C=O) groups is 4. The number of hydrogen-bond donors (Lipinski definition) is 4. The Hall–Kier alpha value is -3.80. The first-order valence-corrected chi connectivity index (χ1v) is 13.8. The predicted molar refractivity (Wildman–Crippen MR) is 158 cm³/mol. The fraction of sp³-hybridized carbons (Fsp3) is 0.484. The highest BCUT2D eigenvalue weighted by Crippen LogP contribution is 2.28. The average molecular weight is 586 g/mol. The van der Waals surface area contributed by atoms with Crippen LogP contribution in [0.25, 0.3) is 0 Å². The SMILES string of the molecule is C=CCNC1=C2C[C@H](C)C[C@H](OC)[C@H](O)[C@@H](C)/C=C(\C)[C@H](OC(N)=O)[C@@H](OC)/C=C\C=C(\C)C(=O)NC(=CC1=O)C2=O. The van der Waals surface area contributed by atoms with Gasteiger partial charge in [-0.2, -0.15) is 0 Å². The average Bonchev–Trinajstić information content (AvgIpc) is 2.94. The van der Waals surface area contributed by atoms with E-state index in [2.05, 4.69) is 17.2 Å². The first kappa shape index (κ1) is 34.4. The molecular weight excluding hydrogens is 542 g/mol. The van der Waals surface area contributed by atoms with Crippen LogP contribution in [0.15, 0.2) is 71.1 Å². The minimum absolute atomic E-state index is 0.132. The molecule has 1 aliphatic heterocycles. The predicted octanol–water partition coefficient (Wildman–Crippen LogP) is 2.54. The molecule has 0 radical (unpaired) electrons. The number of primary amides is 1. The second kappa shape index (κ2) is 16.0. The van der Waals surface area contributed by atoms with Gasteiger partial charge in [-0.05, 0) is 38.2 Å². The topological polar surface area (TPSA) is 166 Å². The number of carbonyl (C=O) groups excluding carboxylic acids is 4. The molecule has 230 valence electrons. The molecule has 0 spiro atoms. The summed E-state index contributed by atoms with van der Waals surface area (Å²) in [5, 5.41) is 16.7. The van der Waals surface area contributed by atoms with Gasteiger partial charge in [0.15, 0.2) is 6.10 Å². The van der Waals surface area contributed by atoms with Crippen LogP contribution >= 0.6 is 0 Å². The lowest BCUT2D eigenvalue weighted by Crippen LogP contribution is -2.37. The van der Waals surface area contributed by atoms with Crippen molar-refractivity contribution < 1.29 is 38.5 Å². The Kier molecular flexibility index (Phi) is 13.1. The van der Waals surface area contributed by atoms with Crippen LogP contribution in [-0.4, -0.2) is 73.9 Å². The van der Waals surface area contributed by atoms with E-state index in [1.165, 1.54) is 20.3 Å². The number of amides is 2. The van der Waals surface area contributed by atoms with Crippen LogP contribution in [-0.2, 0) is 28.6 Å². The fourth-order valence-electron chi connectivity index (χ4n) is 4.95. The van der Waals surface area contributed by atoms with Gasteiger partial charge in [0, 0.05) is 43.9 Å². The Morgan fingerprint density at radius 1 is 1.21 bits per heavy atom. The van der Waals surface area contributed by atoms with E-state index >= 15 is 0 Å². The van der Waals surface area contributed by atoms with Gasteiger partial charge in [0.05, 0.1) is 23.6 Å². The molecule has 0 aromatic heterocycles. The highest BCUT2D eigenvalue weighted by atomic mass is 16.6. The summed E-state index contributed by atoms with van der Waals surface area (Å²) >= 11 is 0. The smallest absolute Gasteiger partial charge is 0.405 e. The molecule has 0 saturated heterocycles. The van der Waals surface area contributed by atoms with E-state index in [9.17, 15) is 24.3 Å². The summed E-state index contributed by atoms with van der Waals surface area (Å²) in [7, 11) is 2.92. The first-order chi connectivity index (χ1) is 19.8. The molecule has 2 amide bonds. The normalized spacial score (nSPS) is 31.6. The monoisotopic (exact) mass is 585 g/mol. The molecule has 0 aromatic rings.